The van der Waals surface area contributed by atoms with Gasteiger partial charge in [-0.2, -0.15) is 0 Å². The average molecular weight is 474 g/mol. The van der Waals surface area contributed by atoms with Gasteiger partial charge in [-0.25, -0.2) is 0 Å². The summed E-state index contributed by atoms with van der Waals surface area (Å²) in [7, 11) is 0. The third-order valence-electron chi connectivity index (χ3n) is 6.95. The summed E-state index contributed by atoms with van der Waals surface area (Å²) in [6.45, 7) is 6.02. The first-order valence-corrected chi connectivity index (χ1v) is 11.9. The van der Waals surface area contributed by atoms with E-state index in [0.717, 1.165) is 45.9 Å². The Bertz CT molecular complexity index is 1540. The van der Waals surface area contributed by atoms with Crippen LogP contribution in [0.5, 0.6) is 0 Å². The summed E-state index contributed by atoms with van der Waals surface area (Å²) >= 11 is 6.66. The van der Waals surface area contributed by atoms with Crippen LogP contribution in [0.4, 0.5) is 0 Å². The lowest BCUT2D eigenvalue weighted by Gasteiger charge is -2.15. The van der Waals surface area contributed by atoms with Gasteiger partial charge in [-0.05, 0) is 44.0 Å². The van der Waals surface area contributed by atoms with Crippen LogP contribution in [-0.2, 0) is 27.4 Å². The quantitative estimate of drug-likeness (QED) is 0.368. The molecule has 2 aromatic carbocycles. The Morgan fingerprint density at radius 1 is 0.912 bits per heavy atom. The molecule has 2 aliphatic heterocycles. The van der Waals surface area contributed by atoms with E-state index in [9.17, 15) is 9.59 Å². The van der Waals surface area contributed by atoms with Crippen LogP contribution in [0, 0.1) is 6.92 Å². The Kier molecular flexibility index (Phi) is 4.90. The minimum Gasteiger partial charge on any atom is -0.377 e. The molecule has 0 radical (unpaired) electrons. The van der Waals surface area contributed by atoms with Crippen molar-refractivity contribution in [2.24, 2.45) is 0 Å². The Hall–Kier alpha value is -3.35. The summed E-state index contributed by atoms with van der Waals surface area (Å²) in [5.74, 6) is -0.774. The highest BCUT2D eigenvalue weighted by Crippen LogP contribution is 2.41. The maximum Gasteiger partial charge on any atom is 0.259 e. The maximum atomic E-state index is 13.2. The van der Waals surface area contributed by atoms with Gasteiger partial charge in [-0.3, -0.25) is 14.9 Å². The molecule has 4 heterocycles. The number of carbonyl (C=O) groups excluding carboxylic acids is 2. The third kappa shape index (κ3) is 3.13. The van der Waals surface area contributed by atoms with Gasteiger partial charge >= 0.3 is 0 Å². The fraction of sp³-hybridized carbons (Fsp3) is 0.259. The number of imide groups is 1. The molecular weight excluding hydrogens is 450 g/mol. The van der Waals surface area contributed by atoms with Crippen LogP contribution in [0.1, 0.15) is 30.0 Å². The number of aromatic nitrogens is 2. The number of fused-ring (bicyclic) bond motifs is 12. The Labute approximate surface area is 201 Å². The summed E-state index contributed by atoms with van der Waals surface area (Å²) in [5, 5.41) is 4.84. The molecule has 0 saturated carbocycles. The highest BCUT2D eigenvalue weighted by molar-refractivity contribution is 6.51. The second-order valence-electron chi connectivity index (χ2n) is 9.08. The number of hydrogen-bond acceptors (Lipinski definition) is 3. The first kappa shape index (κ1) is 21.2. The zero-order valence-electron chi connectivity index (χ0n) is 19.0. The highest BCUT2D eigenvalue weighted by Gasteiger charge is 2.36. The largest absolute Gasteiger partial charge is 0.377 e. The first-order chi connectivity index (χ1) is 16.4. The fourth-order valence-corrected chi connectivity index (χ4v) is 5.59. The second kappa shape index (κ2) is 7.86. The van der Waals surface area contributed by atoms with Crippen LogP contribution in [0.25, 0.3) is 33.0 Å². The van der Waals surface area contributed by atoms with Gasteiger partial charge in [-0.15, -0.1) is 0 Å². The summed E-state index contributed by atoms with van der Waals surface area (Å²) in [6, 6.07) is 11.8. The van der Waals surface area contributed by atoms with E-state index in [0.29, 0.717) is 34.9 Å². The van der Waals surface area contributed by atoms with Gasteiger partial charge in [0.15, 0.2) is 0 Å². The van der Waals surface area contributed by atoms with Crippen molar-refractivity contribution in [2.45, 2.75) is 39.5 Å². The molecule has 6 nitrogen and oxygen atoms in total. The standard InChI is InChI=1S/C27H24ClN3O3/c1-15-5-3-7-20-22(15)17-13-30(20)10-9-16(2)34-12-11-31-14-18(23-19(28)6-4-8-21(23)31)25-24(17)26(32)29-27(25)33/h3-8,13-14,16H,9-12H2,1-2H3,(H,29,32,33). The van der Waals surface area contributed by atoms with Crippen LogP contribution in [0.15, 0.2) is 48.8 Å². The van der Waals surface area contributed by atoms with Crippen LogP contribution >= 0.6 is 11.6 Å². The van der Waals surface area contributed by atoms with Crippen molar-refractivity contribution in [2.75, 3.05) is 6.61 Å². The SMILES string of the molecule is Cc1cccc2c1c1cn2CCC(C)OCCn2cc(c3c(Cl)cccc32)C2=C1C(=O)NC2=O. The Balaban J connectivity index is 1.74. The van der Waals surface area contributed by atoms with E-state index in [-0.39, 0.29) is 12.0 Å². The molecule has 1 N–H and O–H groups in total. The average Bonchev–Trinajstić information content (AvgIpc) is 3.44. The summed E-state index contributed by atoms with van der Waals surface area (Å²) in [6.07, 6.45) is 4.84. The molecule has 6 rings (SSSR count). The molecule has 7 heteroatoms. The van der Waals surface area contributed by atoms with E-state index < -0.39 is 5.91 Å². The molecule has 34 heavy (non-hydrogen) atoms. The number of hydrogen-bond donors (Lipinski definition) is 1. The van der Waals surface area contributed by atoms with Gasteiger partial charge in [0.2, 0.25) is 0 Å². The lowest BCUT2D eigenvalue weighted by Crippen LogP contribution is -2.22. The smallest absolute Gasteiger partial charge is 0.259 e. The number of nitrogens with zero attached hydrogens (tertiary/aromatic N) is 2. The molecule has 2 aliphatic rings. The van der Waals surface area contributed by atoms with E-state index in [1.807, 2.05) is 49.6 Å². The zero-order valence-corrected chi connectivity index (χ0v) is 19.8. The number of ether oxygens (including phenoxy) is 1. The lowest BCUT2D eigenvalue weighted by atomic mass is 9.94. The second-order valence-corrected chi connectivity index (χ2v) is 9.49. The van der Waals surface area contributed by atoms with Gasteiger partial charge in [-0.1, -0.05) is 29.8 Å². The molecule has 0 saturated heterocycles. The third-order valence-corrected chi connectivity index (χ3v) is 7.27. The molecule has 1 atom stereocenters. The van der Waals surface area contributed by atoms with Crippen molar-refractivity contribution in [1.29, 1.82) is 0 Å². The highest BCUT2D eigenvalue weighted by atomic mass is 35.5. The van der Waals surface area contributed by atoms with Crippen molar-refractivity contribution in [3.63, 3.8) is 0 Å². The topological polar surface area (TPSA) is 65.3 Å². The molecule has 0 fully saturated rings. The monoisotopic (exact) mass is 473 g/mol. The van der Waals surface area contributed by atoms with Crippen molar-refractivity contribution in [1.82, 2.24) is 14.5 Å². The number of amides is 2. The lowest BCUT2D eigenvalue weighted by molar-refractivity contribution is -0.122. The number of carbonyl (C=O) groups is 2. The predicted molar refractivity (Wildman–Crippen MR) is 134 cm³/mol. The molecule has 1 unspecified atom stereocenters. The summed E-state index contributed by atoms with van der Waals surface area (Å²) in [4.78, 5) is 26.5. The molecule has 2 amide bonds. The predicted octanol–water partition coefficient (Wildman–Crippen LogP) is 4.93. The van der Waals surface area contributed by atoms with Gasteiger partial charge in [0.05, 0.1) is 34.4 Å². The molecular formula is C27H24ClN3O3. The Morgan fingerprint density at radius 3 is 2.26 bits per heavy atom. The maximum absolute atomic E-state index is 13.2. The van der Waals surface area contributed by atoms with E-state index in [2.05, 4.69) is 27.4 Å². The van der Waals surface area contributed by atoms with E-state index in [1.165, 1.54) is 0 Å². The molecule has 2 aromatic heterocycles. The summed E-state index contributed by atoms with van der Waals surface area (Å²) in [5.41, 5.74) is 5.21. The van der Waals surface area contributed by atoms with Crippen LogP contribution < -0.4 is 5.32 Å². The van der Waals surface area contributed by atoms with Crippen LogP contribution in [0.3, 0.4) is 0 Å². The van der Waals surface area contributed by atoms with Crippen molar-refractivity contribution in [3.05, 3.63) is 70.5 Å². The van der Waals surface area contributed by atoms with Gasteiger partial charge in [0.1, 0.15) is 0 Å². The van der Waals surface area contributed by atoms with E-state index in [1.54, 1.807) is 0 Å². The number of nitrogens with one attached hydrogen (secondary N) is 1. The van der Waals surface area contributed by atoms with Crippen molar-refractivity contribution >= 4 is 56.4 Å². The Morgan fingerprint density at radius 2 is 1.53 bits per heavy atom. The van der Waals surface area contributed by atoms with Gasteiger partial charge < -0.3 is 13.9 Å². The first-order valence-electron chi connectivity index (χ1n) is 11.5. The number of halogens is 1. The minimum atomic E-state index is -0.398. The van der Waals surface area contributed by atoms with Crippen LogP contribution in [-0.4, -0.2) is 33.7 Å². The number of benzene rings is 2. The minimum absolute atomic E-state index is 0.0738. The normalized spacial score (nSPS) is 19.0. The molecule has 0 spiro atoms. The zero-order chi connectivity index (χ0) is 23.6. The fourth-order valence-electron chi connectivity index (χ4n) is 5.32. The molecule has 4 bridgehead atoms. The van der Waals surface area contributed by atoms with E-state index >= 15 is 0 Å². The number of rotatable bonds is 0. The van der Waals surface area contributed by atoms with Gasteiger partial charge in [0, 0.05) is 52.9 Å². The van der Waals surface area contributed by atoms with Crippen LogP contribution in [0.2, 0.25) is 5.02 Å². The van der Waals surface area contributed by atoms with Gasteiger partial charge in [0.25, 0.3) is 11.8 Å². The molecule has 0 aliphatic carbocycles. The summed E-state index contributed by atoms with van der Waals surface area (Å²) < 4.78 is 10.4. The van der Waals surface area contributed by atoms with Crippen molar-refractivity contribution < 1.29 is 14.3 Å². The van der Waals surface area contributed by atoms with Crippen molar-refractivity contribution in [3.8, 4) is 0 Å². The molecule has 4 aromatic rings. The number of aryl methyl sites for hydroxylation is 2. The van der Waals surface area contributed by atoms with E-state index in [4.69, 9.17) is 16.3 Å². The molecule has 172 valence electrons.